The zero-order valence-corrected chi connectivity index (χ0v) is 11.0. The number of hydrogen-bond donors (Lipinski definition) is 2. The van der Waals surface area contributed by atoms with E-state index < -0.39 is 4.32 Å². The molecule has 1 aromatic rings. The van der Waals surface area contributed by atoms with Gasteiger partial charge in [0.15, 0.2) is 0 Å². The summed E-state index contributed by atoms with van der Waals surface area (Å²) < 4.78 is -0.526. The van der Waals surface area contributed by atoms with Gasteiger partial charge in [0, 0.05) is 6.54 Å². The van der Waals surface area contributed by atoms with E-state index in [4.69, 9.17) is 5.11 Å². The zero-order valence-electron chi connectivity index (χ0n) is 9.46. The second-order valence-electron chi connectivity index (χ2n) is 4.14. The molecule has 0 radical (unpaired) electrons. The van der Waals surface area contributed by atoms with Gasteiger partial charge in [0.2, 0.25) is 5.91 Å². The molecule has 0 atom stereocenters. The predicted octanol–water partition coefficient (Wildman–Crippen LogP) is 2.22. The number of phenols is 1. The lowest BCUT2D eigenvalue weighted by molar-refractivity contribution is -0.122. The molecule has 88 valence electrons. The number of benzene rings is 1. The number of alkyl halides is 1. The van der Waals surface area contributed by atoms with Gasteiger partial charge in [-0.3, -0.25) is 4.79 Å². The van der Waals surface area contributed by atoms with Gasteiger partial charge in [-0.15, -0.1) is 0 Å². The zero-order chi connectivity index (χ0) is 12.2. The molecular weight excluding hydrogens is 270 g/mol. The molecule has 0 unspecified atom stereocenters. The third-order valence-electron chi connectivity index (χ3n) is 2.18. The van der Waals surface area contributed by atoms with Crippen LogP contribution in [0.15, 0.2) is 24.3 Å². The maximum Gasteiger partial charge on any atom is 0.236 e. The summed E-state index contributed by atoms with van der Waals surface area (Å²) in [6, 6.07) is 6.98. The third-order valence-corrected chi connectivity index (χ3v) is 2.54. The van der Waals surface area contributed by atoms with Crippen LogP contribution in [-0.2, 0) is 11.2 Å². The van der Waals surface area contributed by atoms with E-state index in [9.17, 15) is 4.79 Å². The van der Waals surface area contributed by atoms with Crippen LogP contribution in [-0.4, -0.2) is 21.9 Å². The smallest absolute Gasteiger partial charge is 0.236 e. The quantitative estimate of drug-likeness (QED) is 0.834. The molecule has 0 saturated heterocycles. The van der Waals surface area contributed by atoms with Crippen LogP contribution >= 0.6 is 15.9 Å². The second-order valence-corrected chi connectivity index (χ2v) is 6.13. The Morgan fingerprint density at radius 2 is 1.94 bits per heavy atom. The summed E-state index contributed by atoms with van der Waals surface area (Å²) in [7, 11) is 0. The van der Waals surface area contributed by atoms with Crippen LogP contribution in [0.2, 0.25) is 0 Å². The van der Waals surface area contributed by atoms with Crippen LogP contribution < -0.4 is 5.32 Å². The van der Waals surface area contributed by atoms with E-state index in [0.717, 1.165) is 12.0 Å². The minimum Gasteiger partial charge on any atom is -0.508 e. The van der Waals surface area contributed by atoms with Gasteiger partial charge in [-0.25, -0.2) is 0 Å². The van der Waals surface area contributed by atoms with Crippen LogP contribution in [0.1, 0.15) is 19.4 Å². The highest BCUT2D eigenvalue weighted by molar-refractivity contribution is 9.10. The van der Waals surface area contributed by atoms with Crippen molar-refractivity contribution in [3.05, 3.63) is 29.8 Å². The Labute approximate surface area is 104 Å². The van der Waals surface area contributed by atoms with Crippen LogP contribution in [0.3, 0.4) is 0 Å². The molecule has 2 N–H and O–H groups in total. The summed E-state index contributed by atoms with van der Waals surface area (Å²) in [5.74, 6) is 0.237. The number of nitrogens with one attached hydrogen (secondary N) is 1. The first-order valence-electron chi connectivity index (χ1n) is 5.15. The molecule has 0 aliphatic carbocycles. The Bertz CT molecular complexity index is 354. The molecule has 0 heterocycles. The molecule has 0 aliphatic heterocycles. The van der Waals surface area contributed by atoms with Crippen molar-refractivity contribution in [3.8, 4) is 5.75 Å². The number of amides is 1. The summed E-state index contributed by atoms with van der Waals surface area (Å²) in [6.45, 7) is 4.21. The molecule has 4 heteroatoms. The molecule has 0 aliphatic rings. The van der Waals surface area contributed by atoms with Crippen molar-refractivity contribution in [1.29, 1.82) is 0 Å². The minimum atomic E-state index is -0.526. The topological polar surface area (TPSA) is 49.3 Å². The molecule has 0 spiro atoms. The fourth-order valence-electron chi connectivity index (χ4n) is 1.19. The largest absolute Gasteiger partial charge is 0.508 e. The Morgan fingerprint density at radius 3 is 2.44 bits per heavy atom. The molecule has 0 fully saturated rings. The predicted molar refractivity (Wildman–Crippen MR) is 67.8 cm³/mol. The van der Waals surface area contributed by atoms with Crippen molar-refractivity contribution < 1.29 is 9.90 Å². The number of phenolic OH excluding ortho intramolecular Hbond substituents is 1. The van der Waals surface area contributed by atoms with Gasteiger partial charge < -0.3 is 10.4 Å². The summed E-state index contributed by atoms with van der Waals surface area (Å²) >= 11 is 3.29. The van der Waals surface area contributed by atoms with Crippen LogP contribution in [0.5, 0.6) is 5.75 Å². The number of halogens is 1. The number of rotatable bonds is 4. The molecule has 1 aromatic carbocycles. The van der Waals surface area contributed by atoms with E-state index in [1.807, 2.05) is 26.0 Å². The summed E-state index contributed by atoms with van der Waals surface area (Å²) in [5, 5.41) is 11.9. The molecule has 0 aromatic heterocycles. The normalized spacial score (nSPS) is 11.2. The number of carbonyl (C=O) groups is 1. The Kier molecular flexibility index (Phi) is 4.35. The lowest BCUT2D eigenvalue weighted by Gasteiger charge is -2.15. The van der Waals surface area contributed by atoms with Gasteiger partial charge in [0.1, 0.15) is 5.75 Å². The molecule has 3 nitrogen and oxygen atoms in total. The monoisotopic (exact) mass is 285 g/mol. The van der Waals surface area contributed by atoms with Crippen molar-refractivity contribution in [1.82, 2.24) is 5.32 Å². The van der Waals surface area contributed by atoms with Crippen molar-refractivity contribution in [2.24, 2.45) is 0 Å². The molecule has 16 heavy (non-hydrogen) atoms. The highest BCUT2D eigenvalue weighted by Gasteiger charge is 2.22. The number of hydrogen-bond acceptors (Lipinski definition) is 2. The van der Waals surface area contributed by atoms with E-state index in [0.29, 0.717) is 6.54 Å². The van der Waals surface area contributed by atoms with Crippen molar-refractivity contribution >= 4 is 21.8 Å². The number of aromatic hydroxyl groups is 1. The van der Waals surface area contributed by atoms with Gasteiger partial charge in [-0.05, 0) is 38.0 Å². The average Bonchev–Trinajstić information content (AvgIpc) is 2.19. The van der Waals surface area contributed by atoms with Crippen LogP contribution in [0.25, 0.3) is 0 Å². The fourth-order valence-corrected chi connectivity index (χ4v) is 1.33. The fraction of sp³-hybridized carbons (Fsp3) is 0.417. The second kappa shape index (κ2) is 5.34. The number of carbonyl (C=O) groups excluding carboxylic acids is 1. The SMILES string of the molecule is CC(C)(Br)C(=O)NCCc1ccc(O)cc1. The van der Waals surface area contributed by atoms with E-state index in [-0.39, 0.29) is 11.7 Å². The van der Waals surface area contributed by atoms with Gasteiger partial charge >= 0.3 is 0 Å². The molecule has 0 saturated carbocycles. The highest BCUT2D eigenvalue weighted by Crippen LogP contribution is 2.15. The Balaban J connectivity index is 2.36. The molecule has 1 amide bonds. The first-order chi connectivity index (χ1) is 7.39. The molecule has 0 bridgehead atoms. The van der Waals surface area contributed by atoms with Gasteiger partial charge in [-0.1, -0.05) is 28.1 Å². The average molecular weight is 286 g/mol. The summed E-state index contributed by atoms with van der Waals surface area (Å²) in [4.78, 5) is 11.5. The lowest BCUT2D eigenvalue weighted by atomic mass is 10.1. The first-order valence-corrected chi connectivity index (χ1v) is 5.94. The van der Waals surface area contributed by atoms with Crippen LogP contribution in [0.4, 0.5) is 0 Å². The third kappa shape index (κ3) is 4.23. The maximum absolute atomic E-state index is 11.5. The lowest BCUT2D eigenvalue weighted by Crippen LogP contribution is -2.38. The van der Waals surface area contributed by atoms with Crippen LogP contribution in [0, 0.1) is 0 Å². The van der Waals surface area contributed by atoms with E-state index >= 15 is 0 Å². The van der Waals surface area contributed by atoms with Gasteiger partial charge in [0.05, 0.1) is 4.32 Å². The van der Waals surface area contributed by atoms with E-state index in [1.54, 1.807) is 12.1 Å². The van der Waals surface area contributed by atoms with Gasteiger partial charge in [-0.2, -0.15) is 0 Å². The standard InChI is InChI=1S/C12H16BrNO2/c1-12(2,13)11(16)14-8-7-9-3-5-10(15)6-4-9/h3-6,15H,7-8H2,1-2H3,(H,14,16). The Hall–Kier alpha value is -1.03. The maximum atomic E-state index is 11.5. The summed E-state index contributed by atoms with van der Waals surface area (Å²) in [5.41, 5.74) is 1.09. The van der Waals surface area contributed by atoms with Crippen molar-refractivity contribution in [3.63, 3.8) is 0 Å². The minimum absolute atomic E-state index is 0.0220. The molecular formula is C12H16BrNO2. The van der Waals surface area contributed by atoms with Gasteiger partial charge in [0.25, 0.3) is 0 Å². The van der Waals surface area contributed by atoms with Crippen molar-refractivity contribution in [2.75, 3.05) is 6.54 Å². The van der Waals surface area contributed by atoms with E-state index in [1.165, 1.54) is 0 Å². The first kappa shape index (κ1) is 13.0. The van der Waals surface area contributed by atoms with Crippen molar-refractivity contribution in [2.45, 2.75) is 24.6 Å². The highest BCUT2D eigenvalue weighted by atomic mass is 79.9. The Morgan fingerprint density at radius 1 is 1.38 bits per heavy atom. The molecule has 1 rings (SSSR count). The van der Waals surface area contributed by atoms with E-state index in [2.05, 4.69) is 21.2 Å². The summed E-state index contributed by atoms with van der Waals surface area (Å²) in [6.07, 6.45) is 0.759.